The third-order valence-electron chi connectivity index (χ3n) is 7.02. The van der Waals surface area contributed by atoms with Crippen LogP contribution in [-0.2, 0) is 16.0 Å². The van der Waals surface area contributed by atoms with Gasteiger partial charge in [-0.2, -0.15) is 13.2 Å². The van der Waals surface area contributed by atoms with Crippen LogP contribution in [0.4, 0.5) is 23.5 Å². The van der Waals surface area contributed by atoms with Gasteiger partial charge in [-0.05, 0) is 56.7 Å². The average Bonchev–Trinajstić information content (AvgIpc) is 2.82. The molecule has 198 valence electrons. The van der Waals surface area contributed by atoms with Gasteiger partial charge in [0.25, 0.3) is 0 Å². The zero-order valence-electron chi connectivity index (χ0n) is 20.2. The van der Waals surface area contributed by atoms with Crippen molar-refractivity contribution in [1.29, 1.82) is 0 Å². The normalized spacial score (nSPS) is 24.1. The van der Waals surface area contributed by atoms with Gasteiger partial charge in [-0.3, -0.25) is 4.90 Å². The van der Waals surface area contributed by atoms with Crippen LogP contribution in [0.25, 0.3) is 0 Å². The predicted octanol–water partition coefficient (Wildman–Crippen LogP) is 4.19. The number of sulfone groups is 1. The summed E-state index contributed by atoms with van der Waals surface area (Å²) < 4.78 is 81.3. The van der Waals surface area contributed by atoms with E-state index < -0.39 is 27.4 Å². The van der Waals surface area contributed by atoms with Crippen LogP contribution >= 0.6 is 0 Å². The van der Waals surface area contributed by atoms with Crippen molar-refractivity contribution in [3.8, 4) is 5.75 Å². The van der Waals surface area contributed by atoms with Gasteiger partial charge in [0.15, 0.2) is 21.4 Å². The van der Waals surface area contributed by atoms with E-state index in [9.17, 15) is 26.0 Å². The third-order valence-corrected chi connectivity index (χ3v) is 8.13. The summed E-state index contributed by atoms with van der Waals surface area (Å²) in [6, 6.07) is 4.29. The first-order chi connectivity index (χ1) is 16.9. The molecule has 0 bridgehead atoms. The van der Waals surface area contributed by atoms with Gasteiger partial charge in [-0.15, -0.1) is 0 Å². The van der Waals surface area contributed by atoms with Gasteiger partial charge in [0.05, 0.1) is 17.1 Å². The van der Waals surface area contributed by atoms with Gasteiger partial charge in [0, 0.05) is 50.4 Å². The summed E-state index contributed by atoms with van der Waals surface area (Å²) in [4.78, 5) is 12.1. The Hall–Kier alpha value is -2.47. The third kappa shape index (κ3) is 6.26. The molecular formula is C24H30F4N4O3S. The summed E-state index contributed by atoms with van der Waals surface area (Å²) in [5, 5.41) is 0. The number of anilines is 1. The molecule has 2 heterocycles. The number of nitrogens with zero attached hydrogens (tertiary/aromatic N) is 4. The molecule has 1 saturated carbocycles. The molecule has 1 aromatic carbocycles. The minimum Gasteiger partial charge on any atom is -0.490 e. The molecule has 1 saturated heterocycles. The lowest BCUT2D eigenvalue weighted by atomic mass is 9.85. The molecule has 1 aliphatic heterocycles. The van der Waals surface area contributed by atoms with E-state index in [1.165, 1.54) is 12.1 Å². The van der Waals surface area contributed by atoms with Gasteiger partial charge in [0.2, 0.25) is 5.95 Å². The van der Waals surface area contributed by atoms with Crippen LogP contribution in [0.2, 0.25) is 0 Å². The number of piperazine rings is 1. The maximum atomic E-state index is 14.2. The van der Waals surface area contributed by atoms with E-state index in [0.717, 1.165) is 56.9 Å². The number of ether oxygens (including phenoxy) is 1. The van der Waals surface area contributed by atoms with Crippen LogP contribution in [0.5, 0.6) is 5.75 Å². The number of hydrogen-bond donors (Lipinski definition) is 0. The summed E-state index contributed by atoms with van der Waals surface area (Å²) in [6.07, 6.45) is 2.05. The summed E-state index contributed by atoms with van der Waals surface area (Å²) >= 11 is 0. The second-order valence-electron chi connectivity index (χ2n) is 9.65. The molecule has 1 aromatic heterocycles. The molecule has 4 rings (SSSR count). The van der Waals surface area contributed by atoms with Crippen molar-refractivity contribution in [3.63, 3.8) is 0 Å². The zero-order valence-corrected chi connectivity index (χ0v) is 21.0. The molecule has 1 aliphatic carbocycles. The van der Waals surface area contributed by atoms with Gasteiger partial charge >= 0.3 is 6.18 Å². The van der Waals surface area contributed by atoms with Crippen molar-refractivity contribution < 1.29 is 30.7 Å². The molecule has 36 heavy (non-hydrogen) atoms. The summed E-state index contributed by atoms with van der Waals surface area (Å²) in [7, 11) is -3.48. The Morgan fingerprint density at radius 1 is 1.08 bits per heavy atom. The number of alkyl halides is 3. The van der Waals surface area contributed by atoms with E-state index >= 15 is 0 Å². The highest BCUT2D eigenvalue weighted by atomic mass is 32.2. The predicted molar refractivity (Wildman–Crippen MR) is 126 cm³/mol. The Morgan fingerprint density at radius 2 is 1.75 bits per heavy atom. The van der Waals surface area contributed by atoms with Crippen LogP contribution in [0.1, 0.15) is 38.2 Å². The fraction of sp³-hybridized carbons (Fsp3) is 0.583. The molecule has 0 amide bonds. The Kier molecular flexibility index (Phi) is 7.75. The van der Waals surface area contributed by atoms with Crippen molar-refractivity contribution in [2.24, 2.45) is 5.92 Å². The molecule has 0 N–H and O–H groups in total. The van der Waals surface area contributed by atoms with Crippen LogP contribution in [-0.4, -0.2) is 67.9 Å². The smallest absolute Gasteiger partial charge is 0.419 e. The van der Waals surface area contributed by atoms with Crippen molar-refractivity contribution in [3.05, 3.63) is 42.0 Å². The SMILES string of the molecule is C[C@H]1CN(c2ncc(C(F)(F)F)cn2)CCN1C1CCC(COc2ccc(S(C)(=O)=O)cc2F)CC1. The standard InChI is InChI=1S/C24H30F4N4O3S/c1-16-14-31(23-29-12-18(13-30-23)24(26,27)28)9-10-32(16)19-5-3-17(4-6-19)15-35-22-8-7-20(11-21(22)25)36(2,33)34/h7-8,11-13,16-17,19H,3-6,9-10,14-15H2,1-2H3/t16-,17?,19?/m0/s1. The molecule has 2 fully saturated rings. The highest BCUT2D eigenvalue weighted by Gasteiger charge is 2.34. The monoisotopic (exact) mass is 530 g/mol. The first-order valence-electron chi connectivity index (χ1n) is 11.9. The van der Waals surface area contributed by atoms with E-state index in [1.807, 2.05) is 4.90 Å². The zero-order chi connectivity index (χ0) is 26.1. The Balaban J connectivity index is 1.25. The number of halogens is 4. The van der Waals surface area contributed by atoms with Crippen LogP contribution < -0.4 is 9.64 Å². The maximum absolute atomic E-state index is 14.2. The molecular weight excluding hydrogens is 500 g/mol. The fourth-order valence-corrected chi connectivity index (χ4v) is 5.64. The van der Waals surface area contributed by atoms with E-state index in [-0.39, 0.29) is 22.6 Å². The highest BCUT2D eigenvalue weighted by Crippen LogP contribution is 2.32. The first kappa shape index (κ1) is 26.6. The van der Waals surface area contributed by atoms with Gasteiger partial charge in [-0.1, -0.05) is 0 Å². The second kappa shape index (κ2) is 10.5. The van der Waals surface area contributed by atoms with Gasteiger partial charge in [0.1, 0.15) is 0 Å². The minimum absolute atomic E-state index is 0.0553. The molecule has 2 aromatic rings. The number of rotatable bonds is 6. The van der Waals surface area contributed by atoms with Crippen LogP contribution in [0.15, 0.2) is 35.5 Å². The topological polar surface area (TPSA) is 75.6 Å². The molecule has 1 atom stereocenters. The quantitative estimate of drug-likeness (QED) is 0.519. The molecule has 12 heteroatoms. The van der Waals surface area contributed by atoms with Crippen LogP contribution in [0.3, 0.4) is 0 Å². The Labute approximate surface area is 208 Å². The first-order valence-corrected chi connectivity index (χ1v) is 13.8. The van der Waals surface area contributed by atoms with Crippen LogP contribution in [0, 0.1) is 11.7 Å². The second-order valence-corrected chi connectivity index (χ2v) is 11.7. The largest absolute Gasteiger partial charge is 0.490 e. The van der Waals surface area contributed by atoms with Crippen molar-refractivity contribution in [2.45, 2.75) is 55.8 Å². The van der Waals surface area contributed by atoms with E-state index in [1.54, 1.807) is 0 Å². The van der Waals surface area contributed by atoms with E-state index in [4.69, 9.17) is 4.74 Å². The number of benzene rings is 1. The molecule has 0 unspecified atom stereocenters. The van der Waals surface area contributed by atoms with E-state index in [0.29, 0.717) is 31.7 Å². The van der Waals surface area contributed by atoms with Crippen molar-refractivity contribution in [2.75, 3.05) is 37.4 Å². The lowest BCUT2D eigenvalue weighted by Gasteiger charge is -2.46. The fourth-order valence-electron chi connectivity index (χ4n) is 5.01. The van der Waals surface area contributed by atoms with Crippen molar-refractivity contribution in [1.82, 2.24) is 14.9 Å². The Bertz CT molecular complexity index is 1150. The van der Waals surface area contributed by atoms with E-state index in [2.05, 4.69) is 21.8 Å². The molecule has 0 spiro atoms. The van der Waals surface area contributed by atoms with Gasteiger partial charge < -0.3 is 9.64 Å². The van der Waals surface area contributed by atoms with Crippen molar-refractivity contribution >= 4 is 15.8 Å². The summed E-state index contributed by atoms with van der Waals surface area (Å²) in [5.41, 5.74) is -0.854. The van der Waals surface area contributed by atoms with Gasteiger partial charge in [-0.25, -0.2) is 22.8 Å². The summed E-state index contributed by atoms with van der Waals surface area (Å²) in [5.74, 6) is -0.0328. The highest BCUT2D eigenvalue weighted by molar-refractivity contribution is 7.90. The Morgan fingerprint density at radius 3 is 2.31 bits per heavy atom. The average molecular weight is 531 g/mol. The lowest BCUT2D eigenvalue weighted by molar-refractivity contribution is -0.138. The lowest BCUT2D eigenvalue weighted by Crippen LogP contribution is -2.56. The molecule has 7 nitrogen and oxygen atoms in total. The molecule has 0 radical (unpaired) electrons. The maximum Gasteiger partial charge on any atom is 0.419 e. The summed E-state index contributed by atoms with van der Waals surface area (Å²) in [6.45, 7) is 4.53. The number of hydrogen-bond acceptors (Lipinski definition) is 7. The number of aromatic nitrogens is 2. The minimum atomic E-state index is -4.45. The molecule has 2 aliphatic rings.